The van der Waals surface area contributed by atoms with Crippen molar-refractivity contribution in [3.05, 3.63) is 75.0 Å². The number of alkyl halides is 2. The highest BCUT2D eigenvalue weighted by atomic mass is 79.9. The van der Waals surface area contributed by atoms with Gasteiger partial charge in [-0.15, -0.1) is 6.58 Å². The van der Waals surface area contributed by atoms with E-state index in [2.05, 4.69) is 32.6 Å². The fourth-order valence-corrected chi connectivity index (χ4v) is 2.52. The predicted octanol–water partition coefficient (Wildman–Crippen LogP) is 5.44. The average molecular weight is 417 g/mol. The molecule has 1 atom stereocenters. The molecule has 0 aliphatic heterocycles. The third kappa shape index (κ3) is 4.50. The van der Waals surface area contributed by atoms with Gasteiger partial charge in [-0.1, -0.05) is 24.3 Å². The summed E-state index contributed by atoms with van der Waals surface area (Å²) < 4.78 is 43.2. The highest BCUT2D eigenvalue weighted by Gasteiger charge is 2.22. The van der Waals surface area contributed by atoms with E-state index in [9.17, 15) is 23.3 Å². The number of rotatable bonds is 7. The summed E-state index contributed by atoms with van der Waals surface area (Å²) in [5.41, 5.74) is -0.206. The Morgan fingerprint density at radius 3 is 2.60 bits per heavy atom. The van der Waals surface area contributed by atoms with Gasteiger partial charge >= 0.3 is 6.61 Å². The van der Waals surface area contributed by atoms with Crippen molar-refractivity contribution < 1.29 is 22.8 Å². The summed E-state index contributed by atoms with van der Waals surface area (Å²) in [6.07, 6.45) is 1.37. The Kier molecular flexibility index (Phi) is 6.02. The molecule has 2 aromatic rings. The summed E-state index contributed by atoms with van der Waals surface area (Å²) in [5.74, 6) is -0.896. The molecule has 132 valence electrons. The molecule has 0 heterocycles. The molecule has 25 heavy (non-hydrogen) atoms. The molecule has 0 amide bonds. The highest BCUT2D eigenvalue weighted by Crippen LogP contribution is 2.35. The lowest BCUT2D eigenvalue weighted by atomic mass is 10.0. The maximum atomic E-state index is 13.6. The van der Waals surface area contributed by atoms with Crippen molar-refractivity contribution in [2.24, 2.45) is 0 Å². The minimum Gasteiger partial charge on any atom is -0.434 e. The Morgan fingerprint density at radius 2 is 2.00 bits per heavy atom. The lowest BCUT2D eigenvalue weighted by molar-refractivity contribution is -0.384. The van der Waals surface area contributed by atoms with Crippen molar-refractivity contribution in [1.29, 1.82) is 0 Å². The molecule has 1 N–H and O–H groups in total. The van der Waals surface area contributed by atoms with Crippen molar-refractivity contribution in [3.8, 4) is 5.75 Å². The molecule has 2 aromatic carbocycles. The Bertz CT molecular complexity index is 802. The number of para-hydroxylation sites is 1. The molecular formula is C16H12BrF3N2O3. The van der Waals surface area contributed by atoms with Gasteiger partial charge in [-0.2, -0.15) is 8.78 Å². The van der Waals surface area contributed by atoms with Gasteiger partial charge in [-0.05, 0) is 28.1 Å². The molecule has 5 nitrogen and oxygen atoms in total. The third-order valence-corrected chi connectivity index (χ3v) is 3.86. The molecule has 0 spiro atoms. The number of hydrogen-bond donors (Lipinski definition) is 1. The predicted molar refractivity (Wildman–Crippen MR) is 90.4 cm³/mol. The largest absolute Gasteiger partial charge is 0.434 e. The second kappa shape index (κ2) is 8.02. The minimum absolute atomic E-state index is 0.00461. The molecule has 2 rings (SSSR count). The van der Waals surface area contributed by atoms with E-state index in [1.54, 1.807) is 6.07 Å². The average Bonchev–Trinajstić information content (AvgIpc) is 2.55. The first kappa shape index (κ1) is 18.8. The van der Waals surface area contributed by atoms with Crippen molar-refractivity contribution in [2.45, 2.75) is 12.7 Å². The molecule has 0 fully saturated rings. The van der Waals surface area contributed by atoms with Crippen LogP contribution in [-0.2, 0) is 0 Å². The number of benzene rings is 2. The molecule has 0 bridgehead atoms. The molecular weight excluding hydrogens is 405 g/mol. The maximum absolute atomic E-state index is 13.6. The van der Waals surface area contributed by atoms with Gasteiger partial charge in [0.1, 0.15) is 17.3 Å². The van der Waals surface area contributed by atoms with Crippen LogP contribution in [0.25, 0.3) is 0 Å². The van der Waals surface area contributed by atoms with E-state index < -0.39 is 29.1 Å². The van der Waals surface area contributed by atoms with Crippen LogP contribution in [0.2, 0.25) is 0 Å². The van der Waals surface area contributed by atoms with E-state index in [0.717, 1.165) is 6.07 Å². The monoisotopic (exact) mass is 416 g/mol. The topological polar surface area (TPSA) is 64.4 Å². The lowest BCUT2D eigenvalue weighted by Gasteiger charge is -2.20. The second-order valence-corrected chi connectivity index (χ2v) is 5.67. The van der Waals surface area contributed by atoms with Gasteiger partial charge in [0.2, 0.25) is 0 Å². The smallest absolute Gasteiger partial charge is 0.387 e. The third-order valence-electron chi connectivity index (χ3n) is 3.25. The van der Waals surface area contributed by atoms with Crippen LogP contribution in [0.1, 0.15) is 11.6 Å². The first-order chi connectivity index (χ1) is 11.8. The molecule has 0 saturated carbocycles. The van der Waals surface area contributed by atoms with Crippen LogP contribution in [0.5, 0.6) is 5.75 Å². The van der Waals surface area contributed by atoms with Gasteiger partial charge in [0.05, 0.1) is 21.5 Å². The molecule has 0 saturated heterocycles. The van der Waals surface area contributed by atoms with E-state index >= 15 is 0 Å². The van der Waals surface area contributed by atoms with Crippen LogP contribution in [0.3, 0.4) is 0 Å². The number of halogens is 4. The van der Waals surface area contributed by atoms with Gasteiger partial charge in [0, 0.05) is 5.56 Å². The minimum atomic E-state index is -3.03. The molecule has 0 radical (unpaired) electrons. The fourth-order valence-electron chi connectivity index (χ4n) is 2.17. The fraction of sp³-hybridized carbons (Fsp3) is 0.125. The van der Waals surface area contributed by atoms with E-state index in [4.69, 9.17) is 0 Å². The standard InChI is InChI=1S/C16H12BrF3N2O3/c1-2-12(9-5-3-4-6-15(9)25-16(19)20)21-13-7-10(17)11(18)8-14(13)22(23)24/h2-8,12,16,21H,1H2. The number of nitrogens with zero attached hydrogens (tertiary/aromatic N) is 1. The van der Waals surface area contributed by atoms with Gasteiger partial charge in [-0.3, -0.25) is 10.1 Å². The van der Waals surface area contributed by atoms with E-state index in [1.807, 2.05) is 0 Å². The Morgan fingerprint density at radius 1 is 1.32 bits per heavy atom. The van der Waals surface area contributed by atoms with E-state index in [1.165, 1.54) is 30.3 Å². The van der Waals surface area contributed by atoms with Crippen molar-refractivity contribution in [3.63, 3.8) is 0 Å². The number of nitrogens with one attached hydrogen (secondary N) is 1. The molecule has 0 aliphatic rings. The number of nitro groups is 1. The highest BCUT2D eigenvalue weighted by molar-refractivity contribution is 9.10. The second-order valence-electron chi connectivity index (χ2n) is 4.81. The van der Waals surface area contributed by atoms with Crippen LogP contribution in [0.15, 0.2) is 53.5 Å². The Hall–Kier alpha value is -2.55. The Balaban J connectivity index is 2.43. The van der Waals surface area contributed by atoms with E-state index in [-0.39, 0.29) is 15.9 Å². The van der Waals surface area contributed by atoms with Crippen LogP contribution in [0.4, 0.5) is 24.5 Å². The first-order valence-electron chi connectivity index (χ1n) is 6.89. The normalized spacial score (nSPS) is 11.9. The Labute approximate surface area is 149 Å². The van der Waals surface area contributed by atoms with Gasteiger partial charge < -0.3 is 10.1 Å². The van der Waals surface area contributed by atoms with Gasteiger partial charge in [0.25, 0.3) is 5.69 Å². The molecule has 0 aliphatic carbocycles. The van der Waals surface area contributed by atoms with Crippen LogP contribution in [0, 0.1) is 15.9 Å². The van der Waals surface area contributed by atoms with Crippen LogP contribution < -0.4 is 10.1 Å². The van der Waals surface area contributed by atoms with Crippen LogP contribution >= 0.6 is 15.9 Å². The molecule has 0 aromatic heterocycles. The van der Waals surface area contributed by atoms with Crippen LogP contribution in [-0.4, -0.2) is 11.5 Å². The quantitative estimate of drug-likeness (QED) is 0.370. The van der Waals surface area contributed by atoms with Gasteiger partial charge in [-0.25, -0.2) is 4.39 Å². The van der Waals surface area contributed by atoms with E-state index in [0.29, 0.717) is 5.56 Å². The summed E-state index contributed by atoms with van der Waals surface area (Å²) in [4.78, 5) is 10.4. The number of anilines is 1. The molecule has 1 unspecified atom stereocenters. The van der Waals surface area contributed by atoms with Crippen molar-refractivity contribution in [2.75, 3.05) is 5.32 Å². The zero-order valence-electron chi connectivity index (χ0n) is 12.6. The van der Waals surface area contributed by atoms with Crippen molar-refractivity contribution in [1.82, 2.24) is 0 Å². The summed E-state index contributed by atoms with van der Waals surface area (Å²) >= 11 is 2.96. The summed E-state index contributed by atoms with van der Waals surface area (Å²) in [6, 6.07) is 7.13. The SMILES string of the molecule is C=CC(Nc1cc(Br)c(F)cc1[N+](=O)[O-])c1ccccc1OC(F)F. The summed E-state index contributed by atoms with van der Waals surface area (Å²) in [6.45, 7) is 0.580. The van der Waals surface area contributed by atoms with Crippen molar-refractivity contribution >= 4 is 27.3 Å². The van der Waals surface area contributed by atoms with Gasteiger partial charge in [0.15, 0.2) is 0 Å². The number of nitro benzene ring substituents is 1. The number of ether oxygens (including phenoxy) is 1. The first-order valence-corrected chi connectivity index (χ1v) is 7.69. The summed E-state index contributed by atoms with van der Waals surface area (Å²) in [5, 5.41) is 13.9. The maximum Gasteiger partial charge on any atom is 0.387 e. The summed E-state index contributed by atoms with van der Waals surface area (Å²) in [7, 11) is 0. The number of hydrogen-bond acceptors (Lipinski definition) is 4. The molecule has 9 heteroatoms. The zero-order valence-corrected chi connectivity index (χ0v) is 14.2. The lowest BCUT2D eigenvalue weighted by Crippen LogP contribution is -2.13. The zero-order chi connectivity index (χ0) is 18.6.